The first-order chi connectivity index (χ1) is 3.80. The summed E-state index contributed by atoms with van der Waals surface area (Å²) in [6, 6.07) is 0. The maximum Gasteiger partial charge on any atom is 0.258 e. The second kappa shape index (κ2) is 1.86. The molecule has 3 heteroatoms. The second-order valence-corrected chi connectivity index (χ2v) is 1.63. The normalized spacial score (nSPS) is 25.2. The van der Waals surface area contributed by atoms with Crippen LogP contribution in [0.25, 0.3) is 0 Å². The van der Waals surface area contributed by atoms with Crippen LogP contribution in [0, 0.1) is 0 Å². The maximum atomic E-state index is 10.3. The Morgan fingerprint density at radius 1 is 1.88 bits per heavy atom. The Kier molecular flexibility index (Phi) is 1.20. The Labute approximate surface area is 47.1 Å². The van der Waals surface area contributed by atoms with Crippen molar-refractivity contribution < 1.29 is 9.53 Å². The molecule has 0 fully saturated rings. The third-order valence-corrected chi connectivity index (χ3v) is 1.01. The van der Waals surface area contributed by atoms with Gasteiger partial charge in [-0.25, -0.2) is 0 Å². The first-order valence-electron chi connectivity index (χ1n) is 2.40. The lowest BCUT2D eigenvalue weighted by Crippen LogP contribution is -2.27. The van der Waals surface area contributed by atoms with Crippen LogP contribution >= 0.6 is 0 Å². The van der Waals surface area contributed by atoms with E-state index in [9.17, 15) is 4.79 Å². The first kappa shape index (κ1) is 5.15. The fourth-order valence-electron chi connectivity index (χ4n) is 0.568. The summed E-state index contributed by atoms with van der Waals surface area (Å²) in [5, 5.41) is 0. The van der Waals surface area contributed by atoms with E-state index in [2.05, 4.69) is 0 Å². The summed E-state index contributed by atoms with van der Waals surface area (Å²) in [5.41, 5.74) is 4.89. The minimum Gasteiger partial charge on any atom is -0.488 e. The highest BCUT2D eigenvalue weighted by Gasteiger charge is 2.16. The Morgan fingerprint density at radius 2 is 2.62 bits per heavy atom. The van der Waals surface area contributed by atoms with E-state index in [0.29, 0.717) is 6.42 Å². The van der Waals surface area contributed by atoms with E-state index in [1.165, 1.54) is 6.26 Å². The van der Waals surface area contributed by atoms with E-state index in [1.807, 2.05) is 0 Å². The van der Waals surface area contributed by atoms with E-state index in [0.717, 1.165) is 0 Å². The van der Waals surface area contributed by atoms with Gasteiger partial charge < -0.3 is 10.5 Å². The predicted octanol–water partition coefficient (Wildman–Crippen LogP) is -0.226. The molecule has 1 aliphatic heterocycles. The quantitative estimate of drug-likeness (QED) is 0.510. The molecule has 0 saturated heterocycles. The Bertz CT molecular complexity index is 122. The zero-order valence-corrected chi connectivity index (χ0v) is 4.33. The number of carbonyl (C=O) groups excluding carboxylic acids is 1. The topological polar surface area (TPSA) is 52.3 Å². The zero-order valence-electron chi connectivity index (χ0n) is 4.33. The van der Waals surface area contributed by atoms with E-state index in [4.69, 9.17) is 10.5 Å². The number of ether oxygens (including phenoxy) is 1. The van der Waals surface area contributed by atoms with Crippen molar-refractivity contribution in [2.24, 2.45) is 5.73 Å². The predicted molar refractivity (Wildman–Crippen MR) is 27.8 cm³/mol. The van der Waals surface area contributed by atoms with Crippen molar-refractivity contribution in [2.45, 2.75) is 12.5 Å². The van der Waals surface area contributed by atoms with Crippen molar-refractivity contribution in [3.8, 4) is 0 Å². The summed E-state index contributed by atoms with van der Waals surface area (Å²) in [7, 11) is 0. The van der Waals surface area contributed by atoms with Crippen molar-refractivity contribution >= 4 is 5.91 Å². The average Bonchev–Trinajstić information content (AvgIpc) is 2.12. The highest BCUT2D eigenvalue weighted by molar-refractivity contribution is 5.79. The van der Waals surface area contributed by atoms with Gasteiger partial charge in [0.05, 0.1) is 6.26 Å². The van der Waals surface area contributed by atoms with Gasteiger partial charge in [0, 0.05) is 6.42 Å². The molecule has 1 heterocycles. The molecule has 1 atom stereocenters. The Morgan fingerprint density at radius 3 is 2.88 bits per heavy atom. The maximum absolute atomic E-state index is 10.3. The van der Waals surface area contributed by atoms with Crippen LogP contribution in [0.5, 0.6) is 0 Å². The molecule has 1 unspecified atom stereocenters. The molecule has 2 N–H and O–H groups in total. The van der Waals surface area contributed by atoms with Crippen molar-refractivity contribution in [3.05, 3.63) is 12.3 Å². The molecule has 1 amide bonds. The van der Waals surface area contributed by atoms with Crippen LogP contribution in [0.3, 0.4) is 0 Å². The van der Waals surface area contributed by atoms with Crippen molar-refractivity contribution in [1.82, 2.24) is 0 Å². The third-order valence-electron chi connectivity index (χ3n) is 1.01. The standard InChI is InChI=1S/C5H7NO2/c6-5(7)4-2-1-3-8-4/h1,3-4H,2H2,(H2,6,7). The molecular weight excluding hydrogens is 106 g/mol. The van der Waals surface area contributed by atoms with Gasteiger partial charge in [-0.1, -0.05) is 0 Å². The third kappa shape index (κ3) is 0.804. The molecule has 0 aliphatic carbocycles. The number of hydrogen-bond donors (Lipinski definition) is 1. The number of amides is 1. The molecule has 8 heavy (non-hydrogen) atoms. The van der Waals surface area contributed by atoms with Crippen LogP contribution in [0.1, 0.15) is 6.42 Å². The Balaban J connectivity index is 2.41. The van der Waals surface area contributed by atoms with Gasteiger partial charge in [-0.2, -0.15) is 0 Å². The molecule has 0 bridgehead atoms. The lowest BCUT2D eigenvalue weighted by atomic mass is 10.3. The van der Waals surface area contributed by atoms with Gasteiger partial charge in [-0.3, -0.25) is 4.79 Å². The summed E-state index contributed by atoms with van der Waals surface area (Å²) >= 11 is 0. The van der Waals surface area contributed by atoms with Gasteiger partial charge in [0.25, 0.3) is 5.91 Å². The van der Waals surface area contributed by atoms with Crippen LogP contribution in [-0.2, 0) is 9.53 Å². The minimum atomic E-state index is -0.407. The highest BCUT2D eigenvalue weighted by atomic mass is 16.5. The molecular formula is C5H7NO2. The number of hydrogen-bond acceptors (Lipinski definition) is 2. The molecule has 1 rings (SSSR count). The molecule has 0 aromatic heterocycles. The number of nitrogens with two attached hydrogens (primary N) is 1. The van der Waals surface area contributed by atoms with E-state index < -0.39 is 12.0 Å². The largest absolute Gasteiger partial charge is 0.488 e. The summed E-state index contributed by atoms with van der Waals surface area (Å²) in [4.78, 5) is 10.3. The van der Waals surface area contributed by atoms with Crippen LogP contribution in [0.15, 0.2) is 12.3 Å². The van der Waals surface area contributed by atoms with Crippen LogP contribution in [0.4, 0.5) is 0 Å². The monoisotopic (exact) mass is 113 g/mol. The van der Waals surface area contributed by atoms with Gasteiger partial charge in [0.15, 0.2) is 6.10 Å². The fourth-order valence-corrected chi connectivity index (χ4v) is 0.568. The van der Waals surface area contributed by atoms with Crippen LogP contribution < -0.4 is 5.73 Å². The second-order valence-electron chi connectivity index (χ2n) is 1.63. The number of primary amides is 1. The van der Waals surface area contributed by atoms with E-state index >= 15 is 0 Å². The molecule has 3 nitrogen and oxygen atoms in total. The summed E-state index contributed by atoms with van der Waals surface area (Å²) in [5.74, 6) is -0.394. The van der Waals surface area contributed by atoms with Crippen molar-refractivity contribution in [1.29, 1.82) is 0 Å². The van der Waals surface area contributed by atoms with Crippen LogP contribution in [0.2, 0.25) is 0 Å². The lowest BCUT2D eigenvalue weighted by Gasteiger charge is -2.01. The van der Waals surface area contributed by atoms with Gasteiger partial charge in [0.2, 0.25) is 0 Å². The lowest BCUT2D eigenvalue weighted by molar-refractivity contribution is -0.125. The molecule has 44 valence electrons. The molecule has 0 saturated carbocycles. The smallest absolute Gasteiger partial charge is 0.258 e. The SMILES string of the molecule is NC(=O)C1CC=CO1. The van der Waals surface area contributed by atoms with Gasteiger partial charge in [0.1, 0.15) is 0 Å². The molecule has 0 aromatic rings. The van der Waals surface area contributed by atoms with Crippen molar-refractivity contribution in [2.75, 3.05) is 0 Å². The minimum absolute atomic E-state index is 0.394. The summed E-state index contributed by atoms with van der Waals surface area (Å²) < 4.78 is 4.76. The molecule has 0 aromatic carbocycles. The summed E-state index contributed by atoms with van der Waals surface area (Å²) in [6.07, 6.45) is 3.48. The van der Waals surface area contributed by atoms with Gasteiger partial charge in [-0.15, -0.1) is 0 Å². The Hall–Kier alpha value is -0.990. The molecule has 0 radical (unpaired) electrons. The number of rotatable bonds is 1. The van der Waals surface area contributed by atoms with Gasteiger partial charge >= 0.3 is 0 Å². The van der Waals surface area contributed by atoms with Gasteiger partial charge in [-0.05, 0) is 6.08 Å². The van der Waals surface area contributed by atoms with Crippen LogP contribution in [-0.4, -0.2) is 12.0 Å². The summed E-state index contributed by atoms with van der Waals surface area (Å²) in [6.45, 7) is 0. The highest BCUT2D eigenvalue weighted by Crippen LogP contribution is 2.06. The van der Waals surface area contributed by atoms with Crippen molar-refractivity contribution in [3.63, 3.8) is 0 Å². The van der Waals surface area contributed by atoms with E-state index in [-0.39, 0.29) is 0 Å². The average molecular weight is 113 g/mol. The number of carbonyl (C=O) groups is 1. The zero-order chi connectivity index (χ0) is 5.98. The molecule has 1 aliphatic rings. The first-order valence-corrected chi connectivity index (χ1v) is 2.40. The molecule has 0 spiro atoms. The van der Waals surface area contributed by atoms with E-state index in [1.54, 1.807) is 6.08 Å². The fraction of sp³-hybridized carbons (Fsp3) is 0.400.